The van der Waals surface area contributed by atoms with E-state index in [1.165, 1.54) is 34.1 Å². The van der Waals surface area contributed by atoms with E-state index in [1.807, 2.05) is 30.3 Å². The highest BCUT2D eigenvalue weighted by atomic mass is 32.1. The van der Waals surface area contributed by atoms with E-state index < -0.39 is 11.7 Å². The predicted octanol–water partition coefficient (Wildman–Crippen LogP) is 4.57. The van der Waals surface area contributed by atoms with Crippen LogP contribution in [0.1, 0.15) is 22.7 Å². The van der Waals surface area contributed by atoms with Gasteiger partial charge in [-0.25, -0.2) is 4.98 Å². The van der Waals surface area contributed by atoms with Crippen molar-refractivity contribution >= 4 is 22.4 Å². The Balaban J connectivity index is 1.44. The van der Waals surface area contributed by atoms with Crippen LogP contribution in [0.5, 0.6) is 0 Å². The van der Waals surface area contributed by atoms with Crippen LogP contribution in [0.15, 0.2) is 75.9 Å². The van der Waals surface area contributed by atoms with E-state index in [2.05, 4.69) is 10.1 Å². The van der Waals surface area contributed by atoms with E-state index in [9.17, 15) is 18.0 Å². The SMILES string of the molecule is O=c1c(=Cc2ccc(-c3cccc(C(F)(F)F)c3)o2)sc2nc(Cc3ccccc3)nn12. The van der Waals surface area contributed by atoms with Gasteiger partial charge in [0.15, 0.2) is 5.82 Å². The normalized spacial score (nSPS) is 12.7. The molecule has 0 aliphatic heterocycles. The summed E-state index contributed by atoms with van der Waals surface area (Å²) >= 11 is 1.17. The second-order valence-electron chi connectivity index (χ2n) is 7.08. The number of halogens is 3. The van der Waals surface area contributed by atoms with Gasteiger partial charge in [-0.05, 0) is 29.8 Å². The number of alkyl halides is 3. The van der Waals surface area contributed by atoms with Gasteiger partial charge in [-0.3, -0.25) is 4.79 Å². The van der Waals surface area contributed by atoms with Crippen molar-refractivity contribution in [3.63, 3.8) is 0 Å². The Morgan fingerprint density at radius 3 is 2.59 bits per heavy atom. The first-order chi connectivity index (χ1) is 15.4. The van der Waals surface area contributed by atoms with Gasteiger partial charge in [-0.2, -0.15) is 17.7 Å². The van der Waals surface area contributed by atoms with Gasteiger partial charge in [-0.15, -0.1) is 5.10 Å². The fraction of sp³-hybridized carbons (Fsp3) is 0.0870. The minimum absolute atomic E-state index is 0.277. The quantitative estimate of drug-likeness (QED) is 0.400. The smallest absolute Gasteiger partial charge is 0.416 e. The maximum atomic E-state index is 13.0. The highest BCUT2D eigenvalue weighted by molar-refractivity contribution is 7.15. The van der Waals surface area contributed by atoms with Gasteiger partial charge in [0, 0.05) is 18.1 Å². The summed E-state index contributed by atoms with van der Waals surface area (Å²) in [5.41, 5.74) is 0.266. The molecule has 0 aliphatic carbocycles. The molecule has 32 heavy (non-hydrogen) atoms. The van der Waals surface area contributed by atoms with Gasteiger partial charge < -0.3 is 4.42 Å². The van der Waals surface area contributed by atoms with Crippen LogP contribution in [0, 0.1) is 0 Å². The van der Waals surface area contributed by atoms with Crippen molar-refractivity contribution in [3.05, 3.63) is 104 Å². The van der Waals surface area contributed by atoms with E-state index in [4.69, 9.17) is 4.42 Å². The number of hydrogen-bond acceptors (Lipinski definition) is 5. The summed E-state index contributed by atoms with van der Waals surface area (Å²) in [6.45, 7) is 0. The van der Waals surface area contributed by atoms with Crippen molar-refractivity contribution in [2.24, 2.45) is 0 Å². The average molecular weight is 453 g/mol. The van der Waals surface area contributed by atoms with E-state index in [1.54, 1.807) is 12.1 Å². The molecule has 2 aromatic carbocycles. The van der Waals surface area contributed by atoms with Gasteiger partial charge in [0.1, 0.15) is 16.1 Å². The van der Waals surface area contributed by atoms with Crippen LogP contribution in [-0.2, 0) is 12.6 Å². The number of rotatable bonds is 4. The third kappa shape index (κ3) is 3.94. The molecule has 5 aromatic rings. The third-order valence-corrected chi connectivity index (χ3v) is 5.76. The lowest BCUT2D eigenvalue weighted by molar-refractivity contribution is -0.137. The van der Waals surface area contributed by atoms with Crippen molar-refractivity contribution in [1.29, 1.82) is 0 Å². The Hall–Kier alpha value is -3.72. The van der Waals surface area contributed by atoms with Crippen LogP contribution in [0.25, 0.3) is 22.4 Å². The first-order valence-electron chi connectivity index (χ1n) is 9.58. The molecule has 0 radical (unpaired) electrons. The molecule has 9 heteroatoms. The molecule has 5 rings (SSSR count). The fourth-order valence-electron chi connectivity index (χ4n) is 3.29. The first kappa shape index (κ1) is 20.2. The number of nitrogens with zero attached hydrogens (tertiary/aromatic N) is 3. The molecule has 0 atom stereocenters. The molecular weight excluding hydrogens is 439 g/mol. The molecule has 160 valence electrons. The Kier molecular flexibility index (Phi) is 4.90. The van der Waals surface area contributed by atoms with Crippen molar-refractivity contribution in [3.8, 4) is 11.3 Å². The van der Waals surface area contributed by atoms with Crippen molar-refractivity contribution in [2.75, 3.05) is 0 Å². The fourth-order valence-corrected chi connectivity index (χ4v) is 4.20. The summed E-state index contributed by atoms with van der Waals surface area (Å²) in [4.78, 5) is 17.6. The van der Waals surface area contributed by atoms with Crippen molar-refractivity contribution < 1.29 is 17.6 Å². The predicted molar refractivity (Wildman–Crippen MR) is 114 cm³/mol. The standard InChI is InChI=1S/C23H14F3N3O2S/c24-23(25,26)16-8-4-7-15(12-16)18-10-9-17(31-18)13-19-21(30)29-22(32-19)27-20(28-29)11-14-5-2-1-3-6-14/h1-10,12-13H,11H2. The summed E-state index contributed by atoms with van der Waals surface area (Å²) in [6, 6.07) is 17.8. The lowest BCUT2D eigenvalue weighted by atomic mass is 10.1. The van der Waals surface area contributed by atoms with Crippen LogP contribution in [0.4, 0.5) is 13.2 Å². The summed E-state index contributed by atoms with van der Waals surface area (Å²) in [7, 11) is 0. The monoisotopic (exact) mass is 453 g/mol. The molecule has 0 fully saturated rings. The average Bonchev–Trinajstić information content (AvgIpc) is 3.46. The maximum absolute atomic E-state index is 13.0. The van der Waals surface area contributed by atoms with Crippen LogP contribution >= 0.6 is 11.3 Å². The number of thiazole rings is 1. The zero-order valence-electron chi connectivity index (χ0n) is 16.3. The molecule has 3 heterocycles. The molecule has 0 spiro atoms. The summed E-state index contributed by atoms with van der Waals surface area (Å²) in [6.07, 6.45) is -2.38. The van der Waals surface area contributed by atoms with E-state index >= 15 is 0 Å². The Labute approximate surface area is 183 Å². The zero-order valence-corrected chi connectivity index (χ0v) is 17.2. The Morgan fingerprint density at radius 2 is 1.84 bits per heavy atom. The minimum atomic E-state index is -4.44. The van der Waals surface area contributed by atoms with Crippen LogP contribution in [0.3, 0.4) is 0 Å². The van der Waals surface area contributed by atoms with Gasteiger partial charge in [0.05, 0.1) is 5.56 Å². The van der Waals surface area contributed by atoms with Crippen molar-refractivity contribution in [2.45, 2.75) is 12.6 Å². The molecular formula is C23H14F3N3O2S. The van der Waals surface area contributed by atoms with Crippen LogP contribution in [-0.4, -0.2) is 14.6 Å². The molecule has 5 nitrogen and oxygen atoms in total. The van der Waals surface area contributed by atoms with Gasteiger partial charge in [0.2, 0.25) is 4.96 Å². The van der Waals surface area contributed by atoms with Gasteiger partial charge in [-0.1, -0.05) is 53.8 Å². The molecule has 0 amide bonds. The van der Waals surface area contributed by atoms with Crippen molar-refractivity contribution in [1.82, 2.24) is 14.6 Å². The van der Waals surface area contributed by atoms with Crippen LogP contribution in [0.2, 0.25) is 0 Å². The topological polar surface area (TPSA) is 60.4 Å². The highest BCUT2D eigenvalue weighted by Gasteiger charge is 2.30. The second kappa shape index (κ2) is 7.76. The number of furan rings is 1. The number of aromatic nitrogens is 3. The zero-order chi connectivity index (χ0) is 22.3. The summed E-state index contributed by atoms with van der Waals surface area (Å²) in [5.74, 6) is 1.18. The highest BCUT2D eigenvalue weighted by Crippen LogP contribution is 2.32. The summed E-state index contributed by atoms with van der Waals surface area (Å²) < 4.78 is 46.2. The molecule has 0 aliphatic rings. The van der Waals surface area contributed by atoms with E-state index in [0.29, 0.717) is 33.1 Å². The molecule has 3 aromatic heterocycles. The minimum Gasteiger partial charge on any atom is -0.457 e. The van der Waals surface area contributed by atoms with Crippen LogP contribution < -0.4 is 10.1 Å². The summed E-state index contributed by atoms with van der Waals surface area (Å²) in [5, 5.41) is 4.30. The number of hydrogen-bond donors (Lipinski definition) is 0. The molecule has 0 unspecified atom stereocenters. The third-order valence-electron chi connectivity index (χ3n) is 4.81. The molecule has 0 bridgehead atoms. The second-order valence-corrected chi connectivity index (χ2v) is 8.09. The van der Waals surface area contributed by atoms with E-state index in [0.717, 1.165) is 17.7 Å². The lowest BCUT2D eigenvalue weighted by Crippen LogP contribution is -2.23. The van der Waals surface area contributed by atoms with Gasteiger partial charge >= 0.3 is 6.18 Å². The number of benzene rings is 2. The first-order valence-corrected chi connectivity index (χ1v) is 10.4. The largest absolute Gasteiger partial charge is 0.457 e. The Morgan fingerprint density at radius 1 is 1.03 bits per heavy atom. The molecule has 0 saturated heterocycles. The van der Waals surface area contributed by atoms with E-state index in [-0.39, 0.29) is 11.3 Å². The molecule has 0 N–H and O–H groups in total. The van der Waals surface area contributed by atoms with Gasteiger partial charge in [0.25, 0.3) is 5.56 Å². The maximum Gasteiger partial charge on any atom is 0.416 e. The number of fused-ring (bicyclic) bond motifs is 1. The lowest BCUT2D eigenvalue weighted by Gasteiger charge is -2.07. The molecule has 0 saturated carbocycles. The Bertz CT molecular complexity index is 1520.